The minimum atomic E-state index is -0.997. The molecule has 0 saturated heterocycles. The van der Waals surface area contributed by atoms with Crippen LogP contribution in [0.2, 0.25) is 0 Å². The molecule has 0 aliphatic carbocycles. The van der Waals surface area contributed by atoms with Crippen molar-refractivity contribution >= 4 is 17.8 Å². The van der Waals surface area contributed by atoms with Crippen molar-refractivity contribution in [3.63, 3.8) is 0 Å². The van der Waals surface area contributed by atoms with Gasteiger partial charge in [0.05, 0.1) is 12.2 Å². The molecule has 0 bridgehead atoms. The Kier molecular flexibility index (Phi) is 7.52. The summed E-state index contributed by atoms with van der Waals surface area (Å²) in [5.74, 6) is -1.87. The number of esters is 2. The van der Waals surface area contributed by atoms with Gasteiger partial charge in [-0.15, -0.1) is 0 Å². The number of amides is 1. The van der Waals surface area contributed by atoms with Crippen LogP contribution in [0.25, 0.3) is 0 Å². The molecule has 0 radical (unpaired) electrons. The number of nitrogens with zero attached hydrogens (tertiary/aromatic N) is 1. The number of benzene rings is 1. The number of aryl methyl sites for hydroxylation is 1. The van der Waals surface area contributed by atoms with E-state index in [-0.39, 0.29) is 25.5 Å². The number of carbonyl (C=O) groups is 3. The molecule has 0 aliphatic heterocycles. The van der Waals surface area contributed by atoms with Crippen molar-refractivity contribution in [2.75, 3.05) is 6.61 Å². The van der Waals surface area contributed by atoms with Crippen LogP contribution in [-0.2, 0) is 32.2 Å². The van der Waals surface area contributed by atoms with Crippen LogP contribution in [0.3, 0.4) is 0 Å². The first-order valence-corrected chi connectivity index (χ1v) is 9.28. The van der Waals surface area contributed by atoms with Gasteiger partial charge in [0.25, 0.3) is 5.91 Å². The monoisotopic (exact) mass is 404 g/mol. The summed E-state index contributed by atoms with van der Waals surface area (Å²) in [5.41, 5.74) is 2.41. The Morgan fingerprint density at radius 1 is 1.17 bits per heavy atom. The third kappa shape index (κ3) is 5.91. The van der Waals surface area contributed by atoms with Crippen molar-refractivity contribution in [3.05, 3.63) is 58.7 Å². The smallest absolute Gasteiger partial charge is 0.339 e. The van der Waals surface area contributed by atoms with E-state index in [2.05, 4.69) is 5.32 Å². The lowest BCUT2D eigenvalue weighted by Crippen LogP contribution is -2.36. The molecule has 7 nitrogen and oxygen atoms in total. The Bertz CT molecular complexity index is 889. The number of carbonyl (C=O) groups excluding carboxylic acids is 3. The summed E-state index contributed by atoms with van der Waals surface area (Å²) < 4.78 is 24.7. The van der Waals surface area contributed by atoms with E-state index in [0.29, 0.717) is 17.0 Å². The van der Waals surface area contributed by atoms with Gasteiger partial charge in [0.2, 0.25) is 0 Å². The van der Waals surface area contributed by atoms with E-state index in [1.807, 2.05) is 0 Å². The highest BCUT2D eigenvalue weighted by Crippen LogP contribution is 2.16. The van der Waals surface area contributed by atoms with Crippen LogP contribution in [0.4, 0.5) is 4.39 Å². The maximum absolute atomic E-state index is 12.9. The Morgan fingerprint density at radius 2 is 1.83 bits per heavy atom. The van der Waals surface area contributed by atoms with Crippen LogP contribution < -0.4 is 5.32 Å². The number of ether oxygens (including phenoxy) is 2. The molecular weight excluding hydrogens is 379 g/mol. The van der Waals surface area contributed by atoms with Crippen molar-refractivity contribution in [2.24, 2.45) is 0 Å². The van der Waals surface area contributed by atoms with Crippen LogP contribution in [0, 0.1) is 19.7 Å². The van der Waals surface area contributed by atoms with Gasteiger partial charge in [-0.1, -0.05) is 12.1 Å². The first-order valence-electron chi connectivity index (χ1n) is 9.28. The lowest BCUT2D eigenvalue weighted by Gasteiger charge is -2.15. The lowest BCUT2D eigenvalue weighted by molar-refractivity contribution is -0.155. The third-order valence-corrected chi connectivity index (χ3v) is 4.41. The first-order chi connectivity index (χ1) is 13.7. The lowest BCUT2D eigenvalue weighted by atomic mass is 10.2. The molecule has 1 atom stereocenters. The van der Waals surface area contributed by atoms with Crippen molar-refractivity contribution in [3.8, 4) is 0 Å². The number of aromatic nitrogens is 1. The predicted octanol–water partition coefficient (Wildman–Crippen LogP) is 2.67. The van der Waals surface area contributed by atoms with Crippen LogP contribution in [0.5, 0.6) is 0 Å². The second kappa shape index (κ2) is 9.86. The molecule has 2 aromatic rings. The highest BCUT2D eigenvalue weighted by atomic mass is 19.1. The maximum Gasteiger partial charge on any atom is 0.339 e. The van der Waals surface area contributed by atoms with Crippen LogP contribution in [0.15, 0.2) is 30.3 Å². The van der Waals surface area contributed by atoms with Crippen molar-refractivity contribution < 1.29 is 28.2 Å². The fourth-order valence-corrected chi connectivity index (χ4v) is 2.81. The van der Waals surface area contributed by atoms with Gasteiger partial charge in [0, 0.05) is 17.9 Å². The topological polar surface area (TPSA) is 86.6 Å². The first kappa shape index (κ1) is 22.1. The molecule has 0 spiro atoms. The summed E-state index contributed by atoms with van der Waals surface area (Å²) in [6, 6.07) is 7.38. The van der Waals surface area contributed by atoms with Gasteiger partial charge in [0.15, 0.2) is 6.10 Å². The molecule has 1 heterocycles. The van der Waals surface area contributed by atoms with Gasteiger partial charge >= 0.3 is 11.9 Å². The van der Waals surface area contributed by atoms with E-state index in [1.54, 1.807) is 43.5 Å². The normalized spacial score (nSPS) is 11.6. The molecule has 8 heteroatoms. The minimum Gasteiger partial charge on any atom is -0.462 e. The molecule has 0 saturated carbocycles. The van der Waals surface area contributed by atoms with Gasteiger partial charge in [-0.25, -0.2) is 9.18 Å². The molecule has 1 unspecified atom stereocenters. The Balaban J connectivity index is 1.92. The average Bonchev–Trinajstić information content (AvgIpc) is 2.95. The van der Waals surface area contributed by atoms with Crippen molar-refractivity contribution in [2.45, 2.75) is 46.9 Å². The van der Waals surface area contributed by atoms with Gasteiger partial charge in [-0.3, -0.25) is 9.59 Å². The summed E-state index contributed by atoms with van der Waals surface area (Å²) in [5, 5.41) is 2.64. The molecule has 1 aromatic heterocycles. The Morgan fingerprint density at radius 3 is 2.45 bits per heavy atom. The molecule has 2 rings (SSSR count). The minimum absolute atomic E-state index is 0.132. The number of hydrogen-bond donors (Lipinski definition) is 1. The highest BCUT2D eigenvalue weighted by Gasteiger charge is 2.21. The van der Waals surface area contributed by atoms with Crippen molar-refractivity contribution in [1.29, 1.82) is 0 Å². The predicted molar refractivity (Wildman–Crippen MR) is 104 cm³/mol. The number of rotatable bonds is 8. The highest BCUT2D eigenvalue weighted by molar-refractivity contribution is 5.91. The largest absolute Gasteiger partial charge is 0.462 e. The van der Waals surface area contributed by atoms with E-state index < -0.39 is 23.9 Å². The Hall–Kier alpha value is -3.16. The summed E-state index contributed by atoms with van der Waals surface area (Å²) in [6.07, 6.45) is -0.997. The van der Waals surface area contributed by atoms with Crippen molar-refractivity contribution in [1.82, 2.24) is 9.88 Å². The standard InChI is InChI=1S/C21H25FN2O5/c1-5-28-21(27)18-10-13(2)24(14(18)3)12-19(25)29-15(4)20(26)23-11-16-6-8-17(22)9-7-16/h6-10,15H,5,11-12H2,1-4H3,(H,23,26). The van der Waals surface area contributed by atoms with Gasteiger partial charge < -0.3 is 19.4 Å². The molecular formula is C21H25FN2O5. The van der Waals surface area contributed by atoms with Gasteiger partial charge in [-0.2, -0.15) is 0 Å². The molecule has 29 heavy (non-hydrogen) atoms. The molecule has 156 valence electrons. The second-order valence-electron chi connectivity index (χ2n) is 6.57. The zero-order chi connectivity index (χ0) is 21.6. The van der Waals surface area contributed by atoms with E-state index in [1.165, 1.54) is 19.1 Å². The summed E-state index contributed by atoms with van der Waals surface area (Å²) in [6.45, 7) is 6.99. The summed E-state index contributed by atoms with van der Waals surface area (Å²) in [4.78, 5) is 36.4. The van der Waals surface area contributed by atoms with Crippen LogP contribution in [-0.4, -0.2) is 35.1 Å². The zero-order valence-electron chi connectivity index (χ0n) is 17.0. The molecule has 1 amide bonds. The molecule has 1 aromatic carbocycles. The van der Waals surface area contributed by atoms with E-state index >= 15 is 0 Å². The zero-order valence-corrected chi connectivity index (χ0v) is 17.0. The Labute approximate surface area is 168 Å². The van der Waals surface area contributed by atoms with E-state index in [4.69, 9.17) is 9.47 Å². The van der Waals surface area contributed by atoms with Gasteiger partial charge in [0.1, 0.15) is 12.4 Å². The van der Waals surface area contributed by atoms with E-state index in [0.717, 1.165) is 5.56 Å². The van der Waals surface area contributed by atoms with Crippen LogP contribution >= 0.6 is 0 Å². The number of halogens is 1. The number of hydrogen-bond acceptors (Lipinski definition) is 5. The van der Waals surface area contributed by atoms with Gasteiger partial charge in [-0.05, 0) is 51.5 Å². The SMILES string of the molecule is CCOC(=O)c1cc(C)n(CC(=O)OC(C)C(=O)NCc2ccc(F)cc2)c1C. The summed E-state index contributed by atoms with van der Waals surface area (Å²) in [7, 11) is 0. The van der Waals surface area contributed by atoms with Crippen LogP contribution in [0.1, 0.15) is 41.2 Å². The van der Waals surface area contributed by atoms with E-state index in [9.17, 15) is 18.8 Å². The average molecular weight is 404 g/mol. The maximum atomic E-state index is 12.9. The molecule has 0 fully saturated rings. The summed E-state index contributed by atoms with van der Waals surface area (Å²) >= 11 is 0. The fourth-order valence-electron chi connectivity index (χ4n) is 2.81. The third-order valence-electron chi connectivity index (χ3n) is 4.41. The number of nitrogens with one attached hydrogen (secondary N) is 1. The molecule has 0 aliphatic rings. The quantitative estimate of drug-likeness (QED) is 0.684. The second-order valence-corrected chi connectivity index (χ2v) is 6.57. The fraction of sp³-hybridized carbons (Fsp3) is 0.381. The molecule has 1 N–H and O–H groups in total.